The largest absolute Gasteiger partial charge is 0.507 e. The number of benzene rings is 1. The third-order valence-electron chi connectivity index (χ3n) is 5.10. The van der Waals surface area contributed by atoms with E-state index in [1.807, 2.05) is 16.8 Å². The number of phenols is 1. The van der Waals surface area contributed by atoms with Gasteiger partial charge in [0.1, 0.15) is 5.75 Å². The van der Waals surface area contributed by atoms with Crippen LogP contribution in [0.3, 0.4) is 0 Å². The minimum Gasteiger partial charge on any atom is -0.507 e. The molecule has 27 heavy (non-hydrogen) atoms. The molecule has 0 aliphatic heterocycles. The van der Waals surface area contributed by atoms with Gasteiger partial charge in [-0.1, -0.05) is 0 Å². The molecule has 3 aromatic rings. The normalized spacial score (nSPS) is 22.8. The summed E-state index contributed by atoms with van der Waals surface area (Å²) in [6.45, 7) is 3.28. The van der Waals surface area contributed by atoms with Crippen molar-refractivity contribution in [3.8, 4) is 17.0 Å². The molecule has 4 rings (SSSR count). The Morgan fingerprint density at radius 1 is 1.19 bits per heavy atom. The van der Waals surface area contributed by atoms with Gasteiger partial charge in [-0.2, -0.15) is 13.2 Å². The van der Waals surface area contributed by atoms with Crippen LogP contribution in [0.4, 0.5) is 13.2 Å². The molecule has 0 spiro atoms. The summed E-state index contributed by atoms with van der Waals surface area (Å²) in [5, 5.41) is 29.2. The maximum atomic E-state index is 12.9. The molecule has 0 bridgehead atoms. The molecular weight excluding hydrogens is 359 g/mol. The van der Waals surface area contributed by atoms with Crippen LogP contribution < -0.4 is 0 Å². The minimum atomic E-state index is -4.53. The van der Waals surface area contributed by atoms with E-state index in [1.54, 1.807) is 13.0 Å². The zero-order valence-corrected chi connectivity index (χ0v) is 14.7. The smallest absolute Gasteiger partial charge is 0.416 e. The first kappa shape index (κ1) is 17.8. The molecule has 1 aliphatic rings. The highest BCUT2D eigenvalue weighted by molar-refractivity contribution is 5.82. The number of hydrogen-bond acceptors (Lipinski definition) is 4. The van der Waals surface area contributed by atoms with E-state index in [4.69, 9.17) is 0 Å². The van der Waals surface area contributed by atoms with Gasteiger partial charge in [0.25, 0.3) is 0 Å². The summed E-state index contributed by atoms with van der Waals surface area (Å²) in [4.78, 5) is 0. The van der Waals surface area contributed by atoms with Crippen LogP contribution in [0.1, 0.15) is 36.9 Å². The summed E-state index contributed by atoms with van der Waals surface area (Å²) in [6, 6.07) is 5.37. The number of hydrogen-bond donors (Lipinski definition) is 2. The van der Waals surface area contributed by atoms with Gasteiger partial charge in [0.2, 0.25) is 0 Å². The van der Waals surface area contributed by atoms with Gasteiger partial charge in [0, 0.05) is 23.2 Å². The van der Waals surface area contributed by atoms with Crippen molar-refractivity contribution in [2.24, 2.45) is 0 Å². The number of aryl methyl sites for hydroxylation is 1. The number of nitrogens with zero attached hydrogens (tertiary/aromatic N) is 3. The topological polar surface area (TPSA) is 71.2 Å². The summed E-state index contributed by atoms with van der Waals surface area (Å²) in [5.41, 5.74) is -0.119. The van der Waals surface area contributed by atoms with Crippen molar-refractivity contribution in [1.29, 1.82) is 0 Å². The van der Waals surface area contributed by atoms with Crippen LogP contribution in [-0.2, 0) is 6.18 Å². The highest BCUT2D eigenvalue weighted by Gasteiger charge is 2.40. The Morgan fingerprint density at radius 3 is 2.48 bits per heavy atom. The average molecular weight is 377 g/mol. The first-order valence-electron chi connectivity index (χ1n) is 8.53. The second-order valence-corrected chi connectivity index (χ2v) is 7.48. The maximum Gasteiger partial charge on any atom is 0.416 e. The molecule has 2 N–H and O–H groups in total. The lowest BCUT2D eigenvalue weighted by molar-refractivity contribution is -0.137. The Bertz CT molecular complexity index is 1010. The molecule has 1 aromatic carbocycles. The van der Waals surface area contributed by atoms with Gasteiger partial charge < -0.3 is 14.8 Å². The summed E-state index contributed by atoms with van der Waals surface area (Å²) in [6.07, 6.45) is -1.42. The lowest BCUT2D eigenvalue weighted by Gasteiger charge is -2.41. The van der Waals surface area contributed by atoms with Gasteiger partial charge in [0.15, 0.2) is 5.65 Å². The molecule has 5 nitrogen and oxygen atoms in total. The predicted molar refractivity (Wildman–Crippen MR) is 93.3 cm³/mol. The first-order chi connectivity index (χ1) is 12.5. The van der Waals surface area contributed by atoms with E-state index in [2.05, 4.69) is 10.2 Å². The molecule has 0 radical (unpaired) electrons. The van der Waals surface area contributed by atoms with E-state index in [0.717, 1.165) is 11.5 Å². The van der Waals surface area contributed by atoms with E-state index in [0.29, 0.717) is 30.2 Å². The number of fused-ring (bicyclic) bond motifs is 1. The lowest BCUT2D eigenvalue weighted by Crippen LogP contribution is -2.41. The molecule has 0 unspecified atom stereocenters. The van der Waals surface area contributed by atoms with Gasteiger partial charge in [-0.25, -0.2) is 0 Å². The predicted octanol–water partition coefficient (Wildman–Crippen LogP) is 4.22. The molecule has 142 valence electrons. The van der Waals surface area contributed by atoms with Crippen LogP contribution >= 0.6 is 0 Å². The molecule has 1 saturated carbocycles. The van der Waals surface area contributed by atoms with Crippen LogP contribution in [0.25, 0.3) is 22.3 Å². The number of alkyl halides is 3. The zero-order valence-electron chi connectivity index (χ0n) is 14.7. The van der Waals surface area contributed by atoms with Crippen molar-refractivity contribution in [1.82, 2.24) is 14.8 Å². The van der Waals surface area contributed by atoms with E-state index >= 15 is 0 Å². The Kier molecular flexibility index (Phi) is 3.75. The molecule has 2 heterocycles. The Hall–Kier alpha value is -2.61. The van der Waals surface area contributed by atoms with E-state index in [9.17, 15) is 23.4 Å². The van der Waals surface area contributed by atoms with Crippen LogP contribution in [-0.4, -0.2) is 30.6 Å². The van der Waals surface area contributed by atoms with E-state index < -0.39 is 23.1 Å². The number of aromatic nitrogens is 3. The third kappa shape index (κ3) is 3.03. The zero-order chi connectivity index (χ0) is 19.6. The van der Waals surface area contributed by atoms with Crippen molar-refractivity contribution in [2.45, 2.75) is 44.5 Å². The fourth-order valence-corrected chi connectivity index (χ4v) is 3.79. The monoisotopic (exact) mass is 377 g/mol. The van der Waals surface area contributed by atoms with Gasteiger partial charge in [-0.05, 0) is 56.5 Å². The second kappa shape index (κ2) is 5.69. The molecule has 1 aliphatic carbocycles. The summed E-state index contributed by atoms with van der Waals surface area (Å²) in [7, 11) is 0. The fraction of sp³-hybridized carbons (Fsp3) is 0.368. The number of aromatic hydroxyl groups is 1. The summed E-state index contributed by atoms with van der Waals surface area (Å²) in [5.74, 6) is -0.481. The fourth-order valence-electron chi connectivity index (χ4n) is 3.79. The second-order valence-electron chi connectivity index (χ2n) is 7.48. The molecule has 0 saturated heterocycles. The van der Waals surface area contributed by atoms with Crippen LogP contribution in [0.2, 0.25) is 0 Å². The summed E-state index contributed by atoms with van der Waals surface area (Å²) < 4.78 is 40.7. The van der Waals surface area contributed by atoms with Crippen molar-refractivity contribution in [3.63, 3.8) is 0 Å². The molecule has 0 amide bonds. The Labute approximate surface area is 153 Å². The molecule has 1 fully saturated rings. The first-order valence-corrected chi connectivity index (χ1v) is 8.53. The Balaban J connectivity index is 1.73. The molecular formula is C19H18F3N3O2. The van der Waals surface area contributed by atoms with Crippen molar-refractivity contribution < 1.29 is 23.4 Å². The molecule has 0 atom stereocenters. The summed E-state index contributed by atoms with van der Waals surface area (Å²) >= 11 is 0. The van der Waals surface area contributed by atoms with E-state index in [-0.39, 0.29) is 17.2 Å². The van der Waals surface area contributed by atoms with Gasteiger partial charge in [-0.3, -0.25) is 0 Å². The minimum absolute atomic E-state index is 0.138. The van der Waals surface area contributed by atoms with Crippen LogP contribution in [0.5, 0.6) is 5.75 Å². The van der Waals surface area contributed by atoms with Gasteiger partial charge in [0.05, 0.1) is 16.9 Å². The highest BCUT2D eigenvalue weighted by atomic mass is 19.4. The molecule has 2 aromatic heterocycles. The standard InChI is InChI=1S/C19H18F3N3O2/c1-10-5-12(19(20,21)22)7-15(26)16(10)14-6-11-3-4-25(17(11)24-23-14)13-8-18(2,27)9-13/h3-7,13,26-27H,8-9H2,1-2H3. The van der Waals surface area contributed by atoms with Crippen molar-refractivity contribution in [3.05, 3.63) is 41.6 Å². The van der Waals surface area contributed by atoms with Gasteiger partial charge >= 0.3 is 6.18 Å². The lowest BCUT2D eigenvalue weighted by atomic mass is 9.77. The maximum absolute atomic E-state index is 12.9. The molecule has 8 heteroatoms. The SMILES string of the molecule is Cc1cc(C(F)(F)F)cc(O)c1-c1cc2ccn(C3CC(C)(O)C3)c2nn1. The average Bonchev–Trinajstić information content (AvgIpc) is 2.94. The highest BCUT2D eigenvalue weighted by Crippen LogP contribution is 2.43. The Morgan fingerprint density at radius 2 is 1.89 bits per heavy atom. The quantitative estimate of drug-likeness (QED) is 0.702. The van der Waals surface area contributed by atoms with Crippen molar-refractivity contribution >= 4 is 11.0 Å². The van der Waals surface area contributed by atoms with E-state index in [1.165, 1.54) is 6.92 Å². The third-order valence-corrected chi connectivity index (χ3v) is 5.10. The number of rotatable bonds is 2. The number of aliphatic hydroxyl groups is 1. The van der Waals surface area contributed by atoms with Crippen LogP contribution in [0.15, 0.2) is 30.5 Å². The van der Waals surface area contributed by atoms with Crippen LogP contribution in [0, 0.1) is 6.92 Å². The van der Waals surface area contributed by atoms with Crippen molar-refractivity contribution in [2.75, 3.05) is 0 Å². The number of phenolic OH excluding ortho intramolecular Hbond substituents is 1. The number of halogens is 3. The van der Waals surface area contributed by atoms with Gasteiger partial charge in [-0.15, -0.1) is 10.2 Å².